The maximum Gasteiger partial charge on any atom is 0.243 e. The lowest BCUT2D eigenvalue weighted by Gasteiger charge is -2.13. The zero-order valence-corrected chi connectivity index (χ0v) is 15.9. The van der Waals surface area contributed by atoms with Gasteiger partial charge in [0, 0.05) is 11.4 Å². The molecule has 0 heterocycles. The molecule has 1 unspecified atom stereocenters. The van der Waals surface area contributed by atoms with Crippen LogP contribution in [0.1, 0.15) is 34.1 Å². The third kappa shape index (κ3) is 6.67. The number of nitrogens with one attached hydrogen (secondary N) is 2. The zero-order chi connectivity index (χ0) is 18.9. The third-order valence-electron chi connectivity index (χ3n) is 3.73. The molecule has 0 aliphatic rings. The van der Waals surface area contributed by atoms with Crippen LogP contribution in [-0.2, 0) is 4.79 Å². The summed E-state index contributed by atoms with van der Waals surface area (Å²) in [6.45, 7) is 8.27. The maximum absolute atomic E-state index is 12.1. The Morgan fingerprint density at radius 1 is 0.885 bits per heavy atom. The molecule has 1 amide bonds. The van der Waals surface area contributed by atoms with Crippen molar-refractivity contribution in [3.05, 3.63) is 48.5 Å². The van der Waals surface area contributed by atoms with Crippen molar-refractivity contribution in [3.8, 4) is 11.5 Å². The van der Waals surface area contributed by atoms with Crippen LogP contribution < -0.4 is 20.1 Å². The van der Waals surface area contributed by atoms with E-state index in [-0.39, 0.29) is 24.7 Å². The van der Waals surface area contributed by atoms with Crippen LogP contribution in [0.4, 0.5) is 11.4 Å². The molecule has 2 rings (SSSR count). The van der Waals surface area contributed by atoms with Gasteiger partial charge in [-0.2, -0.15) is 0 Å². The average Bonchev–Trinajstić information content (AvgIpc) is 2.62. The molecule has 0 spiro atoms. The first-order valence-corrected chi connectivity index (χ1v) is 9.03. The Labute approximate surface area is 155 Å². The molecule has 1 atom stereocenters. The fourth-order valence-electron chi connectivity index (χ4n) is 2.24. The summed E-state index contributed by atoms with van der Waals surface area (Å²) >= 11 is 0. The number of carbonyl (C=O) groups excluding carboxylic acids is 1. The van der Waals surface area contributed by atoms with Crippen LogP contribution in [0.2, 0.25) is 0 Å². The lowest BCUT2D eigenvalue weighted by atomic mass is 10.2. The summed E-state index contributed by atoms with van der Waals surface area (Å²) in [5, 5.41) is 5.96. The SMILES string of the molecule is CCC(C)Oc1ccc(NC(=O)CNc2ccc(OC(C)C)cc2)cc1. The highest BCUT2D eigenvalue weighted by atomic mass is 16.5. The topological polar surface area (TPSA) is 59.6 Å². The first kappa shape index (κ1) is 19.6. The molecule has 2 aromatic rings. The smallest absolute Gasteiger partial charge is 0.243 e. The van der Waals surface area contributed by atoms with E-state index in [0.29, 0.717) is 0 Å². The molecule has 0 aromatic heterocycles. The van der Waals surface area contributed by atoms with Crippen molar-refractivity contribution >= 4 is 17.3 Å². The Hall–Kier alpha value is -2.69. The van der Waals surface area contributed by atoms with Crippen LogP contribution in [0.3, 0.4) is 0 Å². The largest absolute Gasteiger partial charge is 0.491 e. The minimum Gasteiger partial charge on any atom is -0.491 e. The van der Waals surface area contributed by atoms with Gasteiger partial charge < -0.3 is 20.1 Å². The summed E-state index contributed by atoms with van der Waals surface area (Å²) in [7, 11) is 0. The number of carbonyl (C=O) groups is 1. The van der Waals surface area contributed by atoms with E-state index in [2.05, 4.69) is 17.6 Å². The van der Waals surface area contributed by atoms with Crippen molar-refractivity contribution < 1.29 is 14.3 Å². The second kappa shape index (κ2) is 9.70. The van der Waals surface area contributed by atoms with Crippen molar-refractivity contribution in [1.82, 2.24) is 0 Å². The first-order chi connectivity index (χ1) is 12.5. The van der Waals surface area contributed by atoms with Gasteiger partial charge in [-0.3, -0.25) is 4.79 Å². The Kier molecular flexibility index (Phi) is 7.33. The summed E-state index contributed by atoms with van der Waals surface area (Å²) < 4.78 is 11.3. The van der Waals surface area contributed by atoms with Crippen LogP contribution in [0.15, 0.2) is 48.5 Å². The van der Waals surface area contributed by atoms with Crippen LogP contribution in [0.25, 0.3) is 0 Å². The quantitative estimate of drug-likeness (QED) is 0.684. The highest BCUT2D eigenvalue weighted by Crippen LogP contribution is 2.18. The minimum absolute atomic E-state index is 0.108. The number of hydrogen-bond donors (Lipinski definition) is 2. The molecule has 2 aromatic carbocycles. The summed E-state index contributed by atoms with van der Waals surface area (Å²) in [4.78, 5) is 12.1. The second-order valence-corrected chi connectivity index (χ2v) is 6.45. The first-order valence-electron chi connectivity index (χ1n) is 9.03. The van der Waals surface area contributed by atoms with Gasteiger partial charge in [-0.25, -0.2) is 0 Å². The van der Waals surface area contributed by atoms with Crippen molar-refractivity contribution in [3.63, 3.8) is 0 Å². The number of hydrogen-bond acceptors (Lipinski definition) is 4. The van der Waals surface area contributed by atoms with E-state index < -0.39 is 0 Å². The van der Waals surface area contributed by atoms with Gasteiger partial charge in [0.05, 0.1) is 18.8 Å². The third-order valence-corrected chi connectivity index (χ3v) is 3.73. The number of benzene rings is 2. The van der Waals surface area contributed by atoms with Gasteiger partial charge in [0.25, 0.3) is 0 Å². The van der Waals surface area contributed by atoms with E-state index in [4.69, 9.17) is 9.47 Å². The number of rotatable bonds is 9. The molecule has 0 fully saturated rings. The molecule has 5 heteroatoms. The van der Waals surface area contributed by atoms with E-state index in [1.807, 2.05) is 69.3 Å². The van der Waals surface area contributed by atoms with Crippen LogP contribution in [0.5, 0.6) is 11.5 Å². The van der Waals surface area contributed by atoms with Crippen LogP contribution in [0, 0.1) is 0 Å². The van der Waals surface area contributed by atoms with E-state index in [1.165, 1.54) is 0 Å². The van der Waals surface area contributed by atoms with Crippen molar-refractivity contribution in [2.45, 2.75) is 46.3 Å². The molecule has 2 N–H and O–H groups in total. The lowest BCUT2D eigenvalue weighted by Crippen LogP contribution is -2.21. The monoisotopic (exact) mass is 356 g/mol. The summed E-state index contributed by atoms with van der Waals surface area (Å²) in [5.74, 6) is 1.51. The molecule has 5 nitrogen and oxygen atoms in total. The Balaban J connectivity index is 1.79. The molecular formula is C21H28N2O3. The maximum atomic E-state index is 12.1. The summed E-state index contributed by atoms with van der Waals surface area (Å²) in [6.07, 6.45) is 1.27. The van der Waals surface area contributed by atoms with Gasteiger partial charge in [-0.1, -0.05) is 6.92 Å². The van der Waals surface area contributed by atoms with Gasteiger partial charge in [0.1, 0.15) is 11.5 Å². The molecule has 140 valence electrons. The molecule has 0 radical (unpaired) electrons. The van der Waals surface area contributed by atoms with E-state index in [0.717, 1.165) is 29.3 Å². The van der Waals surface area contributed by atoms with Crippen molar-refractivity contribution in [1.29, 1.82) is 0 Å². The second-order valence-electron chi connectivity index (χ2n) is 6.45. The molecular weight excluding hydrogens is 328 g/mol. The van der Waals surface area contributed by atoms with Gasteiger partial charge in [0.15, 0.2) is 0 Å². The van der Waals surface area contributed by atoms with Crippen molar-refractivity contribution in [2.24, 2.45) is 0 Å². The van der Waals surface area contributed by atoms with Crippen LogP contribution >= 0.6 is 0 Å². The molecule has 0 saturated heterocycles. The van der Waals surface area contributed by atoms with Crippen molar-refractivity contribution in [2.75, 3.05) is 17.2 Å². The van der Waals surface area contributed by atoms with E-state index in [1.54, 1.807) is 0 Å². The molecule has 26 heavy (non-hydrogen) atoms. The minimum atomic E-state index is -0.108. The fraction of sp³-hybridized carbons (Fsp3) is 0.381. The Morgan fingerprint density at radius 2 is 1.42 bits per heavy atom. The molecule has 0 aliphatic heterocycles. The van der Waals surface area contributed by atoms with E-state index >= 15 is 0 Å². The number of amides is 1. The van der Waals surface area contributed by atoms with Gasteiger partial charge in [0.2, 0.25) is 5.91 Å². The Bertz CT molecular complexity index is 681. The Morgan fingerprint density at radius 3 is 1.96 bits per heavy atom. The predicted molar refractivity (Wildman–Crippen MR) is 106 cm³/mol. The molecule has 0 bridgehead atoms. The number of ether oxygens (including phenoxy) is 2. The summed E-state index contributed by atoms with van der Waals surface area (Å²) in [5.41, 5.74) is 1.61. The summed E-state index contributed by atoms with van der Waals surface area (Å²) in [6, 6.07) is 15.0. The number of anilines is 2. The zero-order valence-electron chi connectivity index (χ0n) is 15.9. The predicted octanol–water partition coefficient (Wildman–Crippen LogP) is 4.70. The van der Waals surface area contributed by atoms with Crippen LogP contribution in [-0.4, -0.2) is 24.7 Å². The molecule has 0 aliphatic carbocycles. The fourth-order valence-corrected chi connectivity index (χ4v) is 2.24. The average molecular weight is 356 g/mol. The standard InChI is InChI=1S/C21H28N2O3/c1-5-16(4)26-20-12-8-18(9-13-20)23-21(24)14-22-17-6-10-19(11-7-17)25-15(2)3/h6-13,15-16,22H,5,14H2,1-4H3,(H,23,24). The normalized spacial score (nSPS) is 11.7. The molecule has 0 saturated carbocycles. The lowest BCUT2D eigenvalue weighted by molar-refractivity contribution is -0.114. The van der Waals surface area contributed by atoms with Gasteiger partial charge in [-0.05, 0) is 75.7 Å². The van der Waals surface area contributed by atoms with Gasteiger partial charge in [-0.15, -0.1) is 0 Å². The van der Waals surface area contributed by atoms with Gasteiger partial charge >= 0.3 is 0 Å². The highest BCUT2D eigenvalue weighted by Gasteiger charge is 2.05. The van der Waals surface area contributed by atoms with E-state index in [9.17, 15) is 4.79 Å². The highest BCUT2D eigenvalue weighted by molar-refractivity contribution is 5.93.